The maximum atomic E-state index is 13.3. The van der Waals surface area contributed by atoms with Gasteiger partial charge in [-0.15, -0.1) is 0 Å². The van der Waals surface area contributed by atoms with Gasteiger partial charge in [-0.2, -0.15) is 9.61 Å². The molecule has 0 spiro atoms. The van der Waals surface area contributed by atoms with E-state index in [4.69, 9.17) is 4.74 Å². The second-order valence-electron chi connectivity index (χ2n) is 9.90. The summed E-state index contributed by atoms with van der Waals surface area (Å²) in [6, 6.07) is 0.0409. The summed E-state index contributed by atoms with van der Waals surface area (Å²) < 4.78 is 8.19. The van der Waals surface area contributed by atoms with Crippen molar-refractivity contribution in [1.29, 1.82) is 0 Å². The van der Waals surface area contributed by atoms with Crippen molar-refractivity contribution in [3.8, 4) is 5.88 Å². The Hall–Kier alpha value is -3.14. The average Bonchev–Trinajstić information content (AvgIpc) is 3.50. The van der Waals surface area contributed by atoms with E-state index in [9.17, 15) is 19.5 Å². The molecular formula is C24H33N5O5. The lowest BCUT2D eigenvalue weighted by molar-refractivity contribution is -0.130. The minimum atomic E-state index is -0.597. The molecule has 0 unspecified atom stereocenters. The van der Waals surface area contributed by atoms with Crippen LogP contribution in [0.4, 0.5) is 0 Å². The van der Waals surface area contributed by atoms with Gasteiger partial charge >= 0.3 is 0 Å². The van der Waals surface area contributed by atoms with Crippen LogP contribution in [0.2, 0.25) is 0 Å². The third kappa shape index (κ3) is 4.72. The molecule has 2 N–H and O–H groups in total. The number of nitrogens with zero attached hydrogens (tertiary/aromatic N) is 4. The summed E-state index contributed by atoms with van der Waals surface area (Å²) in [7, 11) is 1.69. The van der Waals surface area contributed by atoms with Crippen LogP contribution in [0.15, 0.2) is 17.1 Å². The quantitative estimate of drug-likeness (QED) is 0.595. The summed E-state index contributed by atoms with van der Waals surface area (Å²) in [6.45, 7) is 7.48. The maximum absolute atomic E-state index is 13.3. The topological polar surface area (TPSA) is 118 Å². The van der Waals surface area contributed by atoms with E-state index in [-0.39, 0.29) is 29.0 Å². The van der Waals surface area contributed by atoms with Crippen LogP contribution in [0.5, 0.6) is 5.88 Å². The van der Waals surface area contributed by atoms with Gasteiger partial charge in [0.1, 0.15) is 5.65 Å². The highest BCUT2D eigenvalue weighted by Gasteiger charge is 2.32. The summed E-state index contributed by atoms with van der Waals surface area (Å²) >= 11 is 0. The second-order valence-corrected chi connectivity index (χ2v) is 9.90. The van der Waals surface area contributed by atoms with Gasteiger partial charge in [0.2, 0.25) is 11.8 Å². The lowest BCUT2D eigenvalue weighted by Crippen LogP contribution is -2.45. The standard InChI is InChI=1S/C24H33N5O5/c1-15(2)14-28-21-16(5-8-18(30)27-11-9-24(3,34-4)10-12-27)13-25-29(21)23(33)19(22(28)32)20(31)26-17-6-7-17/h5,8,13,15,17,33H,6-7,9-12,14H2,1-4H3,(H,26,31)/b8-5+. The van der Waals surface area contributed by atoms with Crippen LogP contribution in [0.25, 0.3) is 11.7 Å². The van der Waals surface area contributed by atoms with E-state index in [1.807, 2.05) is 20.8 Å². The Morgan fingerprint density at radius 3 is 2.59 bits per heavy atom. The third-order valence-electron chi connectivity index (χ3n) is 6.63. The number of nitrogens with one attached hydrogen (secondary N) is 1. The van der Waals surface area contributed by atoms with Gasteiger partial charge in [-0.05, 0) is 44.6 Å². The van der Waals surface area contributed by atoms with Crippen molar-refractivity contribution in [2.75, 3.05) is 20.2 Å². The number of likely N-dealkylation sites (tertiary alicyclic amines) is 1. The summed E-state index contributed by atoms with van der Waals surface area (Å²) in [6.07, 6.45) is 7.79. The zero-order chi connectivity index (χ0) is 24.6. The number of aromatic nitrogens is 3. The second kappa shape index (κ2) is 9.25. The van der Waals surface area contributed by atoms with Crippen molar-refractivity contribution in [2.45, 2.75) is 64.6 Å². The number of aromatic hydroxyl groups is 1. The largest absolute Gasteiger partial charge is 0.492 e. The van der Waals surface area contributed by atoms with E-state index in [0.717, 1.165) is 25.7 Å². The van der Waals surface area contributed by atoms with E-state index < -0.39 is 17.3 Å². The molecule has 1 aliphatic carbocycles. The lowest BCUT2D eigenvalue weighted by Gasteiger charge is -2.38. The van der Waals surface area contributed by atoms with Crippen LogP contribution in [0.1, 0.15) is 62.4 Å². The number of carbonyl (C=O) groups is 2. The van der Waals surface area contributed by atoms with Crippen LogP contribution in [-0.4, -0.2) is 67.8 Å². The Morgan fingerprint density at radius 2 is 2.00 bits per heavy atom. The molecule has 2 amide bonds. The van der Waals surface area contributed by atoms with Crippen LogP contribution >= 0.6 is 0 Å². The van der Waals surface area contributed by atoms with Gasteiger partial charge in [0.05, 0.1) is 11.8 Å². The number of amides is 2. The first-order valence-electron chi connectivity index (χ1n) is 11.8. The number of carbonyl (C=O) groups excluding carboxylic acids is 2. The molecule has 10 heteroatoms. The first-order valence-corrected chi connectivity index (χ1v) is 11.8. The summed E-state index contributed by atoms with van der Waals surface area (Å²) in [5.74, 6) is -1.14. The fourth-order valence-electron chi connectivity index (χ4n) is 4.22. The average molecular weight is 472 g/mol. The number of hydrogen-bond donors (Lipinski definition) is 2. The third-order valence-corrected chi connectivity index (χ3v) is 6.63. The van der Waals surface area contributed by atoms with Gasteiger partial charge in [0.15, 0.2) is 5.56 Å². The number of ether oxygens (including phenoxy) is 1. The molecule has 0 aromatic carbocycles. The monoisotopic (exact) mass is 471 g/mol. The molecule has 2 fully saturated rings. The molecule has 34 heavy (non-hydrogen) atoms. The van der Waals surface area contributed by atoms with Crippen molar-refractivity contribution in [3.05, 3.63) is 33.8 Å². The number of methoxy groups -OCH3 is 1. The maximum Gasteiger partial charge on any atom is 0.270 e. The molecule has 184 valence electrons. The van der Waals surface area contributed by atoms with Gasteiger partial charge in [0, 0.05) is 44.4 Å². The van der Waals surface area contributed by atoms with E-state index in [2.05, 4.69) is 10.4 Å². The molecule has 10 nitrogen and oxygen atoms in total. The minimum absolute atomic E-state index is 0.0409. The summed E-state index contributed by atoms with van der Waals surface area (Å²) in [4.78, 5) is 40.5. The summed E-state index contributed by atoms with van der Waals surface area (Å²) in [5.41, 5.74) is -0.253. The van der Waals surface area contributed by atoms with Gasteiger partial charge in [-0.1, -0.05) is 13.8 Å². The first kappa shape index (κ1) is 24.0. The zero-order valence-corrected chi connectivity index (χ0v) is 20.2. The van der Waals surface area contributed by atoms with Crippen LogP contribution in [0, 0.1) is 5.92 Å². The van der Waals surface area contributed by atoms with Gasteiger partial charge in [0.25, 0.3) is 11.5 Å². The smallest absolute Gasteiger partial charge is 0.270 e. The SMILES string of the molecule is COC1(C)CCN(C(=O)/C=C/c2cnn3c(O)c(C(=O)NC4CC4)c(=O)n(CC(C)C)c23)CC1. The molecule has 0 radical (unpaired) electrons. The van der Waals surface area contributed by atoms with Crippen molar-refractivity contribution in [2.24, 2.45) is 5.92 Å². The molecule has 1 saturated heterocycles. The van der Waals surface area contributed by atoms with Gasteiger partial charge in [-0.3, -0.25) is 19.0 Å². The Labute approximate surface area is 198 Å². The van der Waals surface area contributed by atoms with Crippen LogP contribution < -0.4 is 10.9 Å². The van der Waals surface area contributed by atoms with E-state index in [0.29, 0.717) is 30.8 Å². The first-order chi connectivity index (χ1) is 16.1. The van der Waals surface area contributed by atoms with Crippen molar-refractivity contribution >= 4 is 23.5 Å². The van der Waals surface area contributed by atoms with E-state index in [1.54, 1.807) is 18.1 Å². The predicted octanol–water partition coefficient (Wildman–Crippen LogP) is 1.79. The Balaban J connectivity index is 1.67. The molecule has 1 aliphatic heterocycles. The molecule has 2 aromatic heterocycles. The molecule has 1 saturated carbocycles. The highest BCUT2D eigenvalue weighted by molar-refractivity contribution is 5.97. The highest BCUT2D eigenvalue weighted by atomic mass is 16.5. The highest BCUT2D eigenvalue weighted by Crippen LogP contribution is 2.26. The van der Waals surface area contributed by atoms with Gasteiger partial charge < -0.3 is 20.1 Å². The van der Waals surface area contributed by atoms with E-state index >= 15 is 0 Å². The van der Waals surface area contributed by atoms with E-state index in [1.165, 1.54) is 21.4 Å². The lowest BCUT2D eigenvalue weighted by atomic mass is 9.93. The van der Waals surface area contributed by atoms with Crippen molar-refractivity contribution < 1.29 is 19.4 Å². The molecular weight excluding hydrogens is 438 g/mol. The fourth-order valence-corrected chi connectivity index (χ4v) is 4.22. The minimum Gasteiger partial charge on any atom is -0.492 e. The zero-order valence-electron chi connectivity index (χ0n) is 20.2. The van der Waals surface area contributed by atoms with Gasteiger partial charge in [-0.25, -0.2) is 0 Å². The molecule has 2 aromatic rings. The number of hydrogen-bond acceptors (Lipinski definition) is 6. The normalized spacial score (nSPS) is 18.2. The van der Waals surface area contributed by atoms with Crippen LogP contribution in [0.3, 0.4) is 0 Å². The van der Waals surface area contributed by atoms with Crippen molar-refractivity contribution in [1.82, 2.24) is 24.4 Å². The van der Waals surface area contributed by atoms with Crippen LogP contribution in [-0.2, 0) is 16.1 Å². The Bertz CT molecular complexity index is 1180. The number of fused-ring (bicyclic) bond motifs is 1. The molecule has 0 atom stereocenters. The Kier molecular flexibility index (Phi) is 6.53. The number of rotatable bonds is 7. The molecule has 2 aliphatic rings. The number of piperidine rings is 1. The molecule has 0 bridgehead atoms. The molecule has 3 heterocycles. The predicted molar refractivity (Wildman–Crippen MR) is 127 cm³/mol. The van der Waals surface area contributed by atoms with Crippen molar-refractivity contribution in [3.63, 3.8) is 0 Å². The Morgan fingerprint density at radius 1 is 1.32 bits per heavy atom. The summed E-state index contributed by atoms with van der Waals surface area (Å²) in [5, 5.41) is 17.8. The molecule has 4 rings (SSSR count). The fraction of sp³-hybridized carbons (Fsp3) is 0.583.